The molecule has 1 aromatic heterocycles. The van der Waals surface area contributed by atoms with Crippen LogP contribution in [-0.2, 0) is 13.1 Å². The van der Waals surface area contributed by atoms with E-state index < -0.39 is 11.6 Å². The molecule has 0 saturated heterocycles. The van der Waals surface area contributed by atoms with E-state index in [4.69, 9.17) is 0 Å². The van der Waals surface area contributed by atoms with Gasteiger partial charge in [0.05, 0.1) is 0 Å². The largest absolute Gasteiger partial charge is 0.307 e. The molecule has 0 aliphatic rings. The van der Waals surface area contributed by atoms with Crippen molar-refractivity contribution in [2.24, 2.45) is 0 Å². The molecule has 84 valence electrons. The van der Waals surface area contributed by atoms with Crippen molar-refractivity contribution in [2.45, 2.75) is 13.1 Å². The third-order valence-electron chi connectivity index (χ3n) is 2.22. The van der Waals surface area contributed by atoms with Crippen LogP contribution in [0, 0.1) is 11.6 Å². The third kappa shape index (κ3) is 2.43. The van der Waals surface area contributed by atoms with E-state index in [1.807, 2.05) is 6.07 Å². The van der Waals surface area contributed by atoms with E-state index in [2.05, 4.69) is 15.5 Å². The first-order chi connectivity index (χ1) is 7.77. The Kier molecular flexibility index (Phi) is 3.26. The minimum Gasteiger partial charge on any atom is -0.307 e. The molecule has 0 atom stereocenters. The van der Waals surface area contributed by atoms with E-state index >= 15 is 0 Å². The highest BCUT2D eigenvalue weighted by atomic mass is 19.2. The van der Waals surface area contributed by atoms with Gasteiger partial charge in [0.1, 0.15) is 0 Å². The minimum atomic E-state index is -0.819. The average Bonchev–Trinajstić information content (AvgIpc) is 2.77. The van der Waals surface area contributed by atoms with Gasteiger partial charge in [-0.2, -0.15) is 5.10 Å². The lowest BCUT2D eigenvalue weighted by Gasteiger charge is -2.05. The van der Waals surface area contributed by atoms with Gasteiger partial charge >= 0.3 is 0 Å². The van der Waals surface area contributed by atoms with Crippen LogP contribution in [0.1, 0.15) is 11.3 Å². The Hall–Kier alpha value is -1.75. The van der Waals surface area contributed by atoms with Crippen LogP contribution >= 0.6 is 0 Å². The van der Waals surface area contributed by atoms with Crippen LogP contribution in [0.5, 0.6) is 0 Å². The van der Waals surface area contributed by atoms with Gasteiger partial charge in [-0.05, 0) is 12.1 Å². The molecule has 0 amide bonds. The summed E-state index contributed by atoms with van der Waals surface area (Å²) in [6, 6.07) is 5.96. The van der Waals surface area contributed by atoms with Gasteiger partial charge in [-0.15, -0.1) is 0 Å². The van der Waals surface area contributed by atoms with E-state index in [1.165, 1.54) is 6.07 Å². The fraction of sp³-hybridized carbons (Fsp3) is 0.182. The molecule has 0 unspecified atom stereocenters. The lowest BCUT2D eigenvalue weighted by atomic mass is 10.2. The zero-order chi connectivity index (χ0) is 11.4. The molecule has 0 aliphatic carbocycles. The van der Waals surface area contributed by atoms with Crippen LogP contribution in [0.4, 0.5) is 8.78 Å². The number of hydrogen-bond acceptors (Lipinski definition) is 2. The summed E-state index contributed by atoms with van der Waals surface area (Å²) < 4.78 is 26.1. The second-order valence-corrected chi connectivity index (χ2v) is 3.40. The van der Waals surface area contributed by atoms with Crippen LogP contribution in [-0.4, -0.2) is 10.2 Å². The summed E-state index contributed by atoms with van der Waals surface area (Å²) in [4.78, 5) is 0. The fourth-order valence-electron chi connectivity index (χ4n) is 1.40. The molecule has 1 aromatic carbocycles. The number of H-pyrrole nitrogens is 1. The summed E-state index contributed by atoms with van der Waals surface area (Å²) in [5.41, 5.74) is 1.22. The van der Waals surface area contributed by atoms with E-state index in [0.29, 0.717) is 12.1 Å². The Balaban J connectivity index is 1.92. The maximum atomic E-state index is 13.2. The molecule has 2 rings (SSSR count). The first-order valence-electron chi connectivity index (χ1n) is 4.89. The van der Waals surface area contributed by atoms with Crippen molar-refractivity contribution < 1.29 is 8.78 Å². The van der Waals surface area contributed by atoms with Crippen LogP contribution < -0.4 is 5.32 Å². The van der Waals surface area contributed by atoms with Gasteiger partial charge in [0.25, 0.3) is 0 Å². The number of aromatic amines is 1. The topological polar surface area (TPSA) is 40.7 Å². The summed E-state index contributed by atoms with van der Waals surface area (Å²) >= 11 is 0. The number of nitrogens with zero attached hydrogens (tertiary/aromatic N) is 1. The summed E-state index contributed by atoms with van der Waals surface area (Å²) in [5.74, 6) is -1.61. The number of hydrogen-bond donors (Lipinski definition) is 2. The van der Waals surface area contributed by atoms with Crippen molar-refractivity contribution in [1.29, 1.82) is 0 Å². The Morgan fingerprint density at radius 3 is 2.81 bits per heavy atom. The quantitative estimate of drug-likeness (QED) is 0.832. The molecule has 0 radical (unpaired) electrons. The zero-order valence-corrected chi connectivity index (χ0v) is 8.50. The molecule has 2 N–H and O–H groups in total. The fourth-order valence-corrected chi connectivity index (χ4v) is 1.40. The Bertz CT molecular complexity index is 454. The molecule has 0 fully saturated rings. The molecule has 0 aliphatic heterocycles. The van der Waals surface area contributed by atoms with Crippen LogP contribution in [0.3, 0.4) is 0 Å². The number of halogens is 2. The van der Waals surface area contributed by atoms with Gasteiger partial charge in [0.2, 0.25) is 0 Å². The normalized spacial score (nSPS) is 10.6. The zero-order valence-electron chi connectivity index (χ0n) is 8.50. The van der Waals surface area contributed by atoms with Gasteiger partial charge in [0.15, 0.2) is 11.6 Å². The summed E-state index contributed by atoms with van der Waals surface area (Å²) in [7, 11) is 0. The summed E-state index contributed by atoms with van der Waals surface area (Å²) in [5, 5.41) is 9.54. The lowest BCUT2D eigenvalue weighted by molar-refractivity contribution is 0.492. The summed E-state index contributed by atoms with van der Waals surface area (Å²) in [6.07, 6.45) is 1.64. The smallest absolute Gasteiger partial charge is 0.163 e. The van der Waals surface area contributed by atoms with E-state index in [0.717, 1.165) is 11.8 Å². The van der Waals surface area contributed by atoms with Gasteiger partial charge in [-0.3, -0.25) is 5.10 Å². The highest BCUT2D eigenvalue weighted by molar-refractivity contribution is 5.18. The van der Waals surface area contributed by atoms with Crippen molar-refractivity contribution in [3.8, 4) is 0 Å². The van der Waals surface area contributed by atoms with Crippen molar-refractivity contribution >= 4 is 0 Å². The highest BCUT2D eigenvalue weighted by Gasteiger charge is 2.06. The molecule has 1 heterocycles. The predicted octanol–water partition coefficient (Wildman–Crippen LogP) is 1.98. The average molecular weight is 223 g/mol. The molecule has 3 nitrogen and oxygen atoms in total. The van der Waals surface area contributed by atoms with Crippen molar-refractivity contribution in [2.75, 3.05) is 0 Å². The van der Waals surface area contributed by atoms with Gasteiger partial charge in [-0.1, -0.05) is 12.1 Å². The van der Waals surface area contributed by atoms with E-state index in [1.54, 1.807) is 12.3 Å². The molecule has 0 saturated carbocycles. The van der Waals surface area contributed by atoms with Gasteiger partial charge < -0.3 is 5.32 Å². The number of benzene rings is 1. The lowest BCUT2D eigenvalue weighted by Crippen LogP contribution is -2.14. The first kappa shape index (κ1) is 10.8. The highest BCUT2D eigenvalue weighted by Crippen LogP contribution is 2.10. The van der Waals surface area contributed by atoms with Crippen molar-refractivity contribution in [1.82, 2.24) is 15.5 Å². The number of aromatic nitrogens is 2. The minimum absolute atomic E-state index is 0.280. The molecule has 16 heavy (non-hydrogen) atoms. The standard InChI is InChI=1S/C11H11F2N3/c12-10-3-1-2-8(11(10)13)6-14-7-9-4-5-15-16-9/h1-5,14H,6-7H2,(H,15,16). The Morgan fingerprint density at radius 2 is 2.06 bits per heavy atom. The molecular formula is C11H11F2N3. The first-order valence-corrected chi connectivity index (χ1v) is 4.89. The molecule has 5 heteroatoms. The monoisotopic (exact) mass is 223 g/mol. The van der Waals surface area contributed by atoms with Gasteiger partial charge in [0, 0.05) is 30.5 Å². The molecule has 2 aromatic rings. The number of rotatable bonds is 4. The van der Waals surface area contributed by atoms with Crippen molar-refractivity contribution in [3.63, 3.8) is 0 Å². The maximum Gasteiger partial charge on any atom is 0.163 e. The third-order valence-corrected chi connectivity index (χ3v) is 2.22. The molecule has 0 spiro atoms. The second kappa shape index (κ2) is 4.85. The van der Waals surface area contributed by atoms with Crippen LogP contribution in [0.25, 0.3) is 0 Å². The van der Waals surface area contributed by atoms with Crippen LogP contribution in [0.2, 0.25) is 0 Å². The maximum absolute atomic E-state index is 13.2. The van der Waals surface area contributed by atoms with Gasteiger partial charge in [-0.25, -0.2) is 8.78 Å². The van der Waals surface area contributed by atoms with E-state index in [9.17, 15) is 8.78 Å². The molecular weight excluding hydrogens is 212 g/mol. The second-order valence-electron chi connectivity index (χ2n) is 3.40. The van der Waals surface area contributed by atoms with E-state index in [-0.39, 0.29) is 6.54 Å². The predicted molar refractivity (Wildman–Crippen MR) is 55.5 cm³/mol. The van der Waals surface area contributed by atoms with Crippen molar-refractivity contribution in [3.05, 3.63) is 53.4 Å². The number of nitrogens with one attached hydrogen (secondary N) is 2. The Labute approximate surface area is 91.5 Å². The molecule has 0 bridgehead atoms. The Morgan fingerprint density at radius 1 is 1.19 bits per heavy atom. The SMILES string of the molecule is Fc1cccc(CNCc2ccn[nH]2)c1F. The summed E-state index contributed by atoms with van der Waals surface area (Å²) in [6.45, 7) is 0.818. The van der Waals surface area contributed by atoms with Crippen LogP contribution in [0.15, 0.2) is 30.5 Å².